The van der Waals surface area contributed by atoms with Gasteiger partial charge in [0.05, 0.1) is 26.4 Å². The van der Waals surface area contributed by atoms with E-state index in [0.29, 0.717) is 33.0 Å². The van der Waals surface area contributed by atoms with E-state index in [-0.39, 0.29) is 0 Å². The van der Waals surface area contributed by atoms with Crippen LogP contribution >= 0.6 is 15.9 Å². The lowest BCUT2D eigenvalue weighted by molar-refractivity contribution is 0.0642. The fraction of sp³-hybridized carbons (Fsp3) is 0.600. The van der Waals surface area contributed by atoms with Gasteiger partial charge in [-0.25, -0.2) is 0 Å². The van der Waals surface area contributed by atoms with Crippen LogP contribution in [0.25, 0.3) is 0 Å². The van der Waals surface area contributed by atoms with Gasteiger partial charge in [-0.05, 0) is 24.6 Å². The third-order valence-electron chi connectivity index (χ3n) is 2.58. The van der Waals surface area contributed by atoms with Crippen LogP contribution in [-0.2, 0) is 14.8 Å². The molecule has 4 nitrogen and oxygen atoms in total. The zero-order valence-corrected chi connectivity index (χ0v) is 13.8. The van der Waals surface area contributed by atoms with Crippen molar-refractivity contribution in [2.45, 2.75) is 18.7 Å². The summed E-state index contributed by atoms with van der Waals surface area (Å²) in [7, 11) is 1.67. The summed E-state index contributed by atoms with van der Waals surface area (Å²) in [6, 6.07) is 5.98. The van der Waals surface area contributed by atoms with Crippen molar-refractivity contribution in [1.29, 1.82) is 0 Å². The highest BCUT2D eigenvalue weighted by Crippen LogP contribution is 2.29. The van der Waals surface area contributed by atoms with E-state index >= 15 is 0 Å². The first-order valence-electron chi connectivity index (χ1n) is 6.83. The highest BCUT2D eigenvalue weighted by molar-refractivity contribution is 9.08. The van der Waals surface area contributed by atoms with Crippen LogP contribution in [0.1, 0.15) is 18.9 Å². The van der Waals surface area contributed by atoms with Crippen LogP contribution in [0.3, 0.4) is 0 Å². The minimum atomic E-state index is 0.612. The fourth-order valence-electron chi connectivity index (χ4n) is 1.61. The van der Waals surface area contributed by atoms with E-state index in [4.69, 9.17) is 18.9 Å². The second-order valence-electron chi connectivity index (χ2n) is 4.15. The van der Waals surface area contributed by atoms with Gasteiger partial charge in [0.25, 0.3) is 0 Å². The van der Waals surface area contributed by atoms with Gasteiger partial charge in [-0.3, -0.25) is 0 Å². The Morgan fingerprint density at radius 2 is 1.85 bits per heavy atom. The minimum absolute atomic E-state index is 0.612. The van der Waals surface area contributed by atoms with Gasteiger partial charge >= 0.3 is 0 Å². The molecule has 0 saturated heterocycles. The van der Waals surface area contributed by atoms with Crippen molar-refractivity contribution in [3.8, 4) is 11.5 Å². The van der Waals surface area contributed by atoms with Gasteiger partial charge in [0.1, 0.15) is 0 Å². The summed E-state index contributed by atoms with van der Waals surface area (Å²) in [6.07, 6.45) is 0.843. The third-order valence-corrected chi connectivity index (χ3v) is 3.23. The van der Waals surface area contributed by atoms with Gasteiger partial charge in [0.15, 0.2) is 11.5 Å². The topological polar surface area (TPSA) is 36.9 Å². The van der Waals surface area contributed by atoms with Gasteiger partial charge in [0, 0.05) is 25.5 Å². The van der Waals surface area contributed by atoms with Crippen LogP contribution in [-0.4, -0.2) is 40.1 Å². The minimum Gasteiger partial charge on any atom is -0.490 e. The van der Waals surface area contributed by atoms with Crippen LogP contribution in [0.2, 0.25) is 0 Å². The molecule has 20 heavy (non-hydrogen) atoms. The summed E-state index contributed by atoms with van der Waals surface area (Å²) >= 11 is 3.44. The van der Waals surface area contributed by atoms with Crippen molar-refractivity contribution in [1.82, 2.24) is 0 Å². The lowest BCUT2D eigenvalue weighted by atomic mass is 10.2. The first-order chi connectivity index (χ1) is 9.81. The lowest BCUT2D eigenvalue weighted by Crippen LogP contribution is -2.07. The maximum absolute atomic E-state index is 5.74. The van der Waals surface area contributed by atoms with Gasteiger partial charge in [-0.2, -0.15) is 0 Å². The van der Waals surface area contributed by atoms with E-state index in [2.05, 4.69) is 15.9 Å². The lowest BCUT2D eigenvalue weighted by Gasteiger charge is -2.13. The Morgan fingerprint density at radius 3 is 2.55 bits per heavy atom. The molecule has 114 valence electrons. The van der Waals surface area contributed by atoms with Crippen molar-refractivity contribution in [3.63, 3.8) is 0 Å². The molecular formula is C15H23BrO4. The van der Waals surface area contributed by atoms with Crippen molar-refractivity contribution in [2.24, 2.45) is 0 Å². The Labute approximate surface area is 129 Å². The third kappa shape index (κ3) is 6.59. The molecule has 0 atom stereocenters. The van der Waals surface area contributed by atoms with E-state index in [9.17, 15) is 0 Å². The molecule has 0 amide bonds. The number of hydrogen-bond acceptors (Lipinski definition) is 4. The largest absolute Gasteiger partial charge is 0.490 e. The average molecular weight is 347 g/mol. The molecule has 0 aliphatic rings. The quantitative estimate of drug-likeness (QED) is 0.454. The zero-order valence-electron chi connectivity index (χ0n) is 12.2. The Bertz CT molecular complexity index is 371. The maximum atomic E-state index is 5.74. The molecule has 0 N–H and O–H groups in total. The molecule has 0 fully saturated rings. The van der Waals surface area contributed by atoms with Crippen LogP contribution < -0.4 is 9.47 Å². The van der Waals surface area contributed by atoms with E-state index in [1.165, 1.54) is 5.56 Å². The summed E-state index contributed by atoms with van der Waals surface area (Å²) in [5, 5.41) is 0.806. The van der Waals surface area contributed by atoms with Gasteiger partial charge in [-0.15, -0.1) is 0 Å². The standard InChI is InChI=1S/C15H23BrO4/c1-3-19-15-11-13(12-16)5-6-14(15)20-8-4-7-18-10-9-17-2/h5-6,11H,3-4,7-10,12H2,1-2H3. The number of ether oxygens (including phenoxy) is 4. The number of rotatable bonds is 11. The highest BCUT2D eigenvalue weighted by Gasteiger charge is 2.06. The van der Waals surface area contributed by atoms with Crippen molar-refractivity contribution in [2.75, 3.05) is 40.1 Å². The second kappa shape index (κ2) is 10.9. The number of hydrogen-bond donors (Lipinski definition) is 0. The summed E-state index contributed by atoms with van der Waals surface area (Å²) in [5.74, 6) is 1.58. The molecule has 1 aromatic rings. The Kier molecular flexibility index (Phi) is 9.45. The average Bonchev–Trinajstić information content (AvgIpc) is 2.47. The van der Waals surface area contributed by atoms with E-state index < -0.39 is 0 Å². The first-order valence-corrected chi connectivity index (χ1v) is 7.95. The monoisotopic (exact) mass is 346 g/mol. The van der Waals surface area contributed by atoms with E-state index in [0.717, 1.165) is 23.2 Å². The molecule has 0 bridgehead atoms. The molecule has 1 aromatic carbocycles. The van der Waals surface area contributed by atoms with Crippen LogP contribution in [0, 0.1) is 0 Å². The van der Waals surface area contributed by atoms with Crippen molar-refractivity contribution >= 4 is 15.9 Å². The van der Waals surface area contributed by atoms with Crippen LogP contribution in [0.5, 0.6) is 11.5 Å². The van der Waals surface area contributed by atoms with Crippen molar-refractivity contribution < 1.29 is 18.9 Å². The first kappa shape index (κ1) is 17.3. The molecule has 0 aliphatic heterocycles. The van der Waals surface area contributed by atoms with Gasteiger partial charge in [0.2, 0.25) is 0 Å². The molecule has 0 heterocycles. The second-order valence-corrected chi connectivity index (χ2v) is 4.72. The normalized spacial score (nSPS) is 10.6. The zero-order chi connectivity index (χ0) is 14.6. The van der Waals surface area contributed by atoms with Crippen LogP contribution in [0.15, 0.2) is 18.2 Å². The van der Waals surface area contributed by atoms with Gasteiger partial charge < -0.3 is 18.9 Å². The van der Waals surface area contributed by atoms with E-state index in [1.807, 2.05) is 25.1 Å². The van der Waals surface area contributed by atoms with Crippen molar-refractivity contribution in [3.05, 3.63) is 23.8 Å². The molecule has 0 aromatic heterocycles. The summed E-state index contributed by atoms with van der Waals surface area (Å²) in [6.45, 7) is 5.13. The molecule has 0 saturated carbocycles. The molecule has 0 radical (unpaired) electrons. The molecule has 0 spiro atoms. The Hall–Kier alpha value is -0.780. The number of methoxy groups -OCH3 is 1. The highest BCUT2D eigenvalue weighted by atomic mass is 79.9. The van der Waals surface area contributed by atoms with Gasteiger partial charge in [-0.1, -0.05) is 22.0 Å². The number of alkyl halides is 1. The molecular weight excluding hydrogens is 324 g/mol. The summed E-state index contributed by atoms with van der Waals surface area (Å²) < 4.78 is 21.6. The smallest absolute Gasteiger partial charge is 0.161 e. The maximum Gasteiger partial charge on any atom is 0.161 e. The molecule has 1 rings (SSSR count). The predicted octanol–water partition coefficient (Wildman–Crippen LogP) is 3.41. The summed E-state index contributed by atoms with van der Waals surface area (Å²) in [5.41, 5.74) is 1.17. The molecule has 0 unspecified atom stereocenters. The van der Waals surface area contributed by atoms with Crippen LogP contribution in [0.4, 0.5) is 0 Å². The Balaban J connectivity index is 2.35. The summed E-state index contributed by atoms with van der Waals surface area (Å²) in [4.78, 5) is 0. The predicted molar refractivity (Wildman–Crippen MR) is 83.0 cm³/mol. The number of benzene rings is 1. The number of halogens is 1. The Morgan fingerprint density at radius 1 is 1.00 bits per heavy atom. The SMILES string of the molecule is CCOc1cc(CBr)ccc1OCCCOCCOC. The van der Waals surface area contributed by atoms with E-state index in [1.54, 1.807) is 7.11 Å². The molecule has 5 heteroatoms. The fourth-order valence-corrected chi connectivity index (χ4v) is 1.96. The molecule has 0 aliphatic carbocycles.